The van der Waals surface area contributed by atoms with E-state index in [1.54, 1.807) is 18.2 Å². The van der Waals surface area contributed by atoms with Gasteiger partial charge in [0, 0.05) is 0 Å². The van der Waals surface area contributed by atoms with Crippen LogP contribution in [0, 0.1) is 6.92 Å². The Kier molecular flexibility index (Phi) is 1.35. The predicted octanol–water partition coefficient (Wildman–Crippen LogP) is 1.44. The summed E-state index contributed by atoms with van der Waals surface area (Å²) in [4.78, 5) is 4.11. The van der Waals surface area contributed by atoms with Crippen molar-refractivity contribution in [2.45, 2.75) is 11.8 Å². The second-order valence-corrected chi connectivity index (χ2v) is 4.49. The average Bonchev–Trinajstić information content (AvgIpc) is 2.27. The van der Waals surface area contributed by atoms with Crippen LogP contribution in [-0.4, -0.2) is 14.0 Å². The lowest BCUT2D eigenvalue weighted by Gasteiger charge is -1.96. The van der Waals surface area contributed by atoms with Gasteiger partial charge in [-0.05, 0) is 24.6 Å². The third kappa shape index (κ3) is 0.956. The molecule has 1 aromatic rings. The van der Waals surface area contributed by atoms with Gasteiger partial charge in [0.1, 0.15) is 5.55 Å². The van der Waals surface area contributed by atoms with E-state index in [0.29, 0.717) is 10.6 Å². The minimum absolute atomic E-state index is 0.313. The SMILES string of the molecule is Cc1ccc2c(c1)N=CS2(=O)=O. The molecule has 0 bridgehead atoms. The molecular formula is C8H7NO2S. The molecule has 0 radical (unpaired) electrons. The highest BCUT2D eigenvalue weighted by molar-refractivity contribution is 8.05. The van der Waals surface area contributed by atoms with Crippen LogP contribution < -0.4 is 0 Å². The van der Waals surface area contributed by atoms with Crippen molar-refractivity contribution in [2.24, 2.45) is 4.99 Å². The number of hydrogen-bond donors (Lipinski definition) is 0. The maximum Gasteiger partial charge on any atom is 0.219 e. The van der Waals surface area contributed by atoms with Gasteiger partial charge >= 0.3 is 0 Å². The van der Waals surface area contributed by atoms with Gasteiger partial charge in [0.05, 0.1) is 10.6 Å². The topological polar surface area (TPSA) is 46.5 Å². The lowest BCUT2D eigenvalue weighted by molar-refractivity contribution is 0.609. The lowest BCUT2D eigenvalue weighted by Crippen LogP contribution is -1.95. The van der Waals surface area contributed by atoms with Gasteiger partial charge in [-0.15, -0.1) is 0 Å². The van der Waals surface area contributed by atoms with Crippen molar-refractivity contribution in [3.8, 4) is 0 Å². The molecule has 0 spiro atoms. The molecule has 0 aromatic heterocycles. The predicted molar refractivity (Wildman–Crippen MR) is 46.5 cm³/mol. The normalized spacial score (nSPS) is 17.8. The quantitative estimate of drug-likeness (QED) is 0.608. The maximum absolute atomic E-state index is 11.2. The molecule has 3 nitrogen and oxygen atoms in total. The zero-order valence-electron chi connectivity index (χ0n) is 6.48. The summed E-state index contributed by atoms with van der Waals surface area (Å²) in [5.74, 6) is 0. The van der Waals surface area contributed by atoms with Crippen LogP contribution in [0.25, 0.3) is 0 Å². The molecule has 0 N–H and O–H groups in total. The van der Waals surface area contributed by atoms with E-state index in [4.69, 9.17) is 0 Å². The summed E-state index contributed by atoms with van der Waals surface area (Å²) in [5.41, 5.74) is 2.56. The highest BCUT2D eigenvalue weighted by Gasteiger charge is 2.21. The van der Waals surface area contributed by atoms with Crippen molar-refractivity contribution in [2.75, 3.05) is 0 Å². The van der Waals surface area contributed by atoms with Crippen molar-refractivity contribution < 1.29 is 8.42 Å². The number of benzene rings is 1. The fourth-order valence-electron chi connectivity index (χ4n) is 1.15. The maximum atomic E-state index is 11.2. The van der Waals surface area contributed by atoms with Crippen LogP contribution in [0.15, 0.2) is 28.1 Å². The van der Waals surface area contributed by atoms with Crippen molar-refractivity contribution in [1.82, 2.24) is 0 Å². The molecule has 0 saturated carbocycles. The summed E-state index contributed by atoms with van der Waals surface area (Å²) in [6.45, 7) is 1.90. The monoisotopic (exact) mass is 181 g/mol. The number of rotatable bonds is 0. The largest absolute Gasteiger partial charge is 0.243 e. The average molecular weight is 181 g/mol. The minimum Gasteiger partial charge on any atom is -0.243 e. The Balaban J connectivity index is 2.78. The van der Waals surface area contributed by atoms with Crippen LogP contribution >= 0.6 is 0 Å². The molecule has 1 heterocycles. The summed E-state index contributed by atoms with van der Waals surface area (Å²) >= 11 is 0. The molecule has 2 rings (SSSR count). The first-order chi connectivity index (χ1) is 5.59. The van der Waals surface area contributed by atoms with E-state index in [2.05, 4.69) is 4.99 Å². The summed E-state index contributed by atoms with van der Waals surface area (Å²) in [7, 11) is -3.21. The van der Waals surface area contributed by atoms with Gasteiger partial charge in [-0.3, -0.25) is 0 Å². The number of hydrogen-bond acceptors (Lipinski definition) is 3. The van der Waals surface area contributed by atoms with Gasteiger partial charge in [-0.2, -0.15) is 0 Å². The van der Waals surface area contributed by atoms with E-state index in [-0.39, 0.29) is 0 Å². The third-order valence-electron chi connectivity index (χ3n) is 1.75. The smallest absolute Gasteiger partial charge is 0.219 e. The Hall–Kier alpha value is -1.16. The Morgan fingerprint density at radius 3 is 2.83 bits per heavy atom. The highest BCUT2D eigenvalue weighted by atomic mass is 32.2. The summed E-state index contributed by atoms with van der Waals surface area (Å²) < 4.78 is 22.4. The van der Waals surface area contributed by atoms with Crippen molar-refractivity contribution in [3.63, 3.8) is 0 Å². The van der Waals surface area contributed by atoms with Gasteiger partial charge in [-0.1, -0.05) is 6.07 Å². The molecule has 0 unspecified atom stereocenters. The van der Waals surface area contributed by atoms with Gasteiger partial charge < -0.3 is 0 Å². The highest BCUT2D eigenvalue weighted by Crippen LogP contribution is 2.30. The molecule has 0 atom stereocenters. The molecule has 1 aliphatic heterocycles. The standard InChI is InChI=1S/C8H7NO2S/c1-6-2-3-8-7(4-6)9-5-12(8,10)11/h2-5H,1H3. The molecule has 62 valence electrons. The van der Waals surface area contributed by atoms with E-state index in [1.165, 1.54) is 0 Å². The van der Waals surface area contributed by atoms with Gasteiger partial charge in [0.2, 0.25) is 9.84 Å². The first-order valence-corrected chi connectivity index (χ1v) is 5.04. The Morgan fingerprint density at radius 1 is 1.33 bits per heavy atom. The first kappa shape index (κ1) is 7.49. The van der Waals surface area contributed by atoms with Gasteiger partial charge in [0.15, 0.2) is 0 Å². The Morgan fingerprint density at radius 2 is 2.08 bits per heavy atom. The Labute approximate surface area is 70.7 Å². The number of aryl methyl sites for hydroxylation is 1. The lowest BCUT2D eigenvalue weighted by atomic mass is 10.2. The van der Waals surface area contributed by atoms with Gasteiger partial charge in [-0.25, -0.2) is 13.4 Å². The third-order valence-corrected chi connectivity index (χ3v) is 3.09. The minimum atomic E-state index is -3.21. The van der Waals surface area contributed by atoms with Crippen LogP contribution in [0.1, 0.15) is 5.56 Å². The molecule has 0 aliphatic carbocycles. The summed E-state index contributed by atoms with van der Waals surface area (Å²) in [6, 6.07) is 5.12. The summed E-state index contributed by atoms with van der Waals surface area (Å²) in [5, 5.41) is 0. The molecule has 0 fully saturated rings. The van der Waals surface area contributed by atoms with Crippen molar-refractivity contribution in [3.05, 3.63) is 23.8 Å². The van der Waals surface area contributed by atoms with Crippen molar-refractivity contribution >= 4 is 21.1 Å². The van der Waals surface area contributed by atoms with Crippen molar-refractivity contribution in [1.29, 1.82) is 0 Å². The van der Waals surface area contributed by atoms with Crippen LogP contribution in [-0.2, 0) is 9.84 Å². The molecule has 1 aliphatic rings. The van der Waals surface area contributed by atoms with E-state index in [9.17, 15) is 8.42 Å². The van der Waals surface area contributed by atoms with E-state index in [0.717, 1.165) is 11.1 Å². The van der Waals surface area contributed by atoms with E-state index >= 15 is 0 Å². The number of sulfone groups is 1. The van der Waals surface area contributed by atoms with Crippen LogP contribution in [0.3, 0.4) is 0 Å². The number of fused-ring (bicyclic) bond motifs is 1. The van der Waals surface area contributed by atoms with E-state index < -0.39 is 9.84 Å². The fraction of sp³-hybridized carbons (Fsp3) is 0.125. The van der Waals surface area contributed by atoms with Crippen LogP contribution in [0.5, 0.6) is 0 Å². The molecule has 1 aromatic carbocycles. The fourth-order valence-corrected chi connectivity index (χ4v) is 2.18. The molecule has 0 saturated heterocycles. The second kappa shape index (κ2) is 2.17. The molecule has 4 heteroatoms. The molecule has 12 heavy (non-hydrogen) atoms. The zero-order chi connectivity index (χ0) is 8.77. The summed E-state index contributed by atoms with van der Waals surface area (Å²) in [6.07, 6.45) is 0. The number of nitrogens with zero attached hydrogens (tertiary/aromatic N) is 1. The zero-order valence-corrected chi connectivity index (χ0v) is 7.30. The van der Waals surface area contributed by atoms with Crippen LogP contribution in [0.4, 0.5) is 5.69 Å². The molecule has 0 amide bonds. The number of aliphatic imine (C=N–C) groups is 1. The molecular weight excluding hydrogens is 174 g/mol. The Bertz CT molecular complexity index is 460. The van der Waals surface area contributed by atoms with E-state index in [1.807, 2.05) is 6.92 Å². The van der Waals surface area contributed by atoms with Crippen LogP contribution in [0.2, 0.25) is 0 Å². The first-order valence-electron chi connectivity index (χ1n) is 3.49. The second-order valence-electron chi connectivity index (χ2n) is 2.75. The van der Waals surface area contributed by atoms with Gasteiger partial charge in [0.25, 0.3) is 0 Å².